The summed E-state index contributed by atoms with van der Waals surface area (Å²) in [6.07, 6.45) is 1.92. The number of nitriles is 1. The largest absolute Gasteiger partial charge is 0.216 e. The van der Waals surface area contributed by atoms with Crippen molar-refractivity contribution >= 4 is 31.5 Å². The Morgan fingerprint density at radius 1 is 0.775 bits per heavy atom. The van der Waals surface area contributed by atoms with E-state index < -0.39 is 0 Å². The van der Waals surface area contributed by atoms with Gasteiger partial charge in [-0.2, -0.15) is 5.26 Å². The lowest BCUT2D eigenvalue weighted by molar-refractivity contribution is -0.661. The number of hydrogen-bond donors (Lipinski definition) is 0. The lowest BCUT2D eigenvalue weighted by Crippen LogP contribution is -2.34. The van der Waals surface area contributed by atoms with E-state index in [0.717, 1.165) is 59.2 Å². The summed E-state index contributed by atoms with van der Waals surface area (Å²) >= 11 is 1.69. The smallest absolute Gasteiger partial charge is 0.206 e. The van der Waals surface area contributed by atoms with Crippen LogP contribution in [0.2, 0.25) is 0 Å². The van der Waals surface area contributed by atoms with E-state index in [-0.39, 0.29) is 11.2 Å². The fraction of sp³-hybridized carbons (Fsp3) is 0.167. The molecule has 4 heteroatoms. The zero-order valence-electron chi connectivity index (χ0n) is 23.3. The molecule has 0 radical (unpaired) electrons. The van der Waals surface area contributed by atoms with Crippen molar-refractivity contribution in [1.82, 2.24) is 0 Å². The van der Waals surface area contributed by atoms with Crippen molar-refractivity contribution in [2.45, 2.75) is 33.1 Å². The summed E-state index contributed by atoms with van der Waals surface area (Å²) in [5.41, 5.74) is 8.21. The molecule has 0 bridgehead atoms. The molecule has 0 spiro atoms. The number of halogens is 1. The maximum atomic E-state index is 15.5. The molecule has 0 amide bonds. The SMILES string of the molecule is Cc1ccc2c(sc3c(-c4cccc(-c5ccccc5)c4)c(C#N)ccc32)c1-c1cc(F)c(C(C)(C)C)c[n+]1C. The molecule has 4 aromatic carbocycles. The molecule has 40 heavy (non-hydrogen) atoms. The Labute approximate surface area is 238 Å². The van der Waals surface area contributed by atoms with Crippen LogP contribution in [-0.4, -0.2) is 0 Å². The Hall–Kier alpha value is -4.33. The molecule has 0 saturated heterocycles. The first-order valence-corrected chi connectivity index (χ1v) is 14.2. The van der Waals surface area contributed by atoms with E-state index in [9.17, 15) is 5.26 Å². The van der Waals surface area contributed by atoms with Crippen LogP contribution in [-0.2, 0) is 12.5 Å². The van der Waals surface area contributed by atoms with Crippen molar-refractivity contribution in [2.24, 2.45) is 7.05 Å². The number of aryl methyl sites for hydroxylation is 2. The van der Waals surface area contributed by atoms with Crippen molar-refractivity contribution in [1.29, 1.82) is 5.26 Å². The van der Waals surface area contributed by atoms with Crippen LogP contribution in [0.5, 0.6) is 0 Å². The number of thiophene rings is 1. The first-order valence-electron chi connectivity index (χ1n) is 13.4. The van der Waals surface area contributed by atoms with Crippen LogP contribution in [0.25, 0.3) is 53.7 Å². The Kier molecular flexibility index (Phi) is 6.28. The molecule has 0 fully saturated rings. The number of hydrogen-bond acceptors (Lipinski definition) is 2. The van der Waals surface area contributed by atoms with Gasteiger partial charge in [-0.1, -0.05) is 87.5 Å². The third kappa shape index (κ3) is 4.28. The molecule has 0 N–H and O–H groups in total. The van der Waals surface area contributed by atoms with E-state index in [1.165, 1.54) is 0 Å². The topological polar surface area (TPSA) is 27.7 Å². The van der Waals surface area contributed by atoms with Gasteiger partial charge >= 0.3 is 0 Å². The van der Waals surface area contributed by atoms with Crippen molar-refractivity contribution in [3.8, 4) is 39.6 Å². The van der Waals surface area contributed by atoms with Crippen molar-refractivity contribution in [3.63, 3.8) is 0 Å². The van der Waals surface area contributed by atoms with Crippen molar-refractivity contribution < 1.29 is 8.96 Å². The predicted molar refractivity (Wildman–Crippen MR) is 165 cm³/mol. The van der Waals surface area contributed by atoms with Crippen LogP contribution in [0, 0.1) is 24.1 Å². The Balaban J connectivity index is 1.63. The van der Waals surface area contributed by atoms with Crippen LogP contribution in [0.4, 0.5) is 4.39 Å². The summed E-state index contributed by atoms with van der Waals surface area (Å²) < 4.78 is 19.7. The molecule has 2 nitrogen and oxygen atoms in total. The molecule has 2 aromatic heterocycles. The fourth-order valence-electron chi connectivity index (χ4n) is 5.61. The molecule has 0 aliphatic rings. The highest BCUT2D eigenvalue weighted by atomic mass is 32.1. The van der Waals surface area contributed by atoms with E-state index in [4.69, 9.17) is 0 Å². The number of benzene rings is 4. The second kappa shape index (κ2) is 9.70. The predicted octanol–water partition coefficient (Wildman–Crippen LogP) is 9.50. The molecular formula is C36H30FN2S+. The van der Waals surface area contributed by atoms with Gasteiger partial charge in [-0.15, -0.1) is 11.3 Å². The minimum absolute atomic E-state index is 0.191. The van der Waals surface area contributed by atoms with Crippen LogP contribution in [0.1, 0.15) is 37.5 Å². The quantitative estimate of drug-likeness (QED) is 0.205. The summed E-state index contributed by atoms with van der Waals surface area (Å²) in [5, 5.41) is 12.4. The van der Waals surface area contributed by atoms with E-state index >= 15 is 4.39 Å². The standard InChI is InChI=1S/C36H30FN2S/c1-22-14-16-27-28-17-15-26(20-38)33(25-13-9-12-24(18-25)23-10-7-6-8-11-23)35(28)40-34(27)32(22)31-19-30(37)29(21-39(31)5)36(2,3)4/h6-19,21H,1-5H3/q+1. The molecule has 0 unspecified atom stereocenters. The van der Waals surface area contributed by atoms with Gasteiger partial charge in [0.1, 0.15) is 12.9 Å². The van der Waals surface area contributed by atoms with E-state index in [0.29, 0.717) is 11.1 Å². The minimum Gasteiger partial charge on any atom is -0.206 e. The lowest BCUT2D eigenvalue weighted by atomic mass is 9.87. The molecular weight excluding hydrogens is 511 g/mol. The van der Waals surface area contributed by atoms with Crippen LogP contribution < -0.4 is 4.57 Å². The highest BCUT2D eigenvalue weighted by Crippen LogP contribution is 2.46. The van der Waals surface area contributed by atoms with E-state index in [1.54, 1.807) is 17.4 Å². The first-order chi connectivity index (χ1) is 19.2. The van der Waals surface area contributed by atoms with Gasteiger partial charge in [0.15, 0.2) is 6.20 Å². The molecule has 2 heterocycles. The van der Waals surface area contributed by atoms with Gasteiger partial charge < -0.3 is 0 Å². The van der Waals surface area contributed by atoms with Gasteiger partial charge in [-0.05, 0) is 46.7 Å². The summed E-state index contributed by atoms with van der Waals surface area (Å²) in [6.45, 7) is 8.18. The molecule has 6 aromatic rings. The number of aromatic nitrogens is 1. The van der Waals surface area contributed by atoms with Gasteiger partial charge in [0.25, 0.3) is 0 Å². The van der Waals surface area contributed by atoms with Gasteiger partial charge in [0, 0.05) is 31.8 Å². The fourth-order valence-corrected chi connectivity index (χ4v) is 7.09. The van der Waals surface area contributed by atoms with Gasteiger partial charge in [-0.25, -0.2) is 8.96 Å². The average Bonchev–Trinajstić information content (AvgIpc) is 3.32. The number of nitrogens with zero attached hydrogens (tertiary/aromatic N) is 2. The summed E-state index contributed by atoms with van der Waals surface area (Å²) in [5.74, 6) is -0.191. The van der Waals surface area contributed by atoms with E-state index in [1.807, 2.05) is 62.8 Å². The van der Waals surface area contributed by atoms with Gasteiger partial charge in [-0.3, -0.25) is 0 Å². The lowest BCUT2D eigenvalue weighted by Gasteiger charge is -2.18. The molecule has 6 rings (SSSR count). The number of fused-ring (bicyclic) bond motifs is 3. The maximum absolute atomic E-state index is 15.5. The van der Waals surface area contributed by atoms with Crippen LogP contribution >= 0.6 is 11.3 Å². The van der Waals surface area contributed by atoms with Gasteiger partial charge in [0.05, 0.1) is 22.8 Å². The zero-order valence-corrected chi connectivity index (χ0v) is 24.2. The summed E-state index contributed by atoms with van der Waals surface area (Å²) in [7, 11) is 1.99. The second-order valence-electron chi connectivity index (χ2n) is 11.4. The molecule has 0 atom stereocenters. The normalized spacial score (nSPS) is 11.7. The van der Waals surface area contributed by atoms with Crippen molar-refractivity contribution in [2.75, 3.05) is 0 Å². The number of pyridine rings is 1. The minimum atomic E-state index is -0.296. The number of rotatable bonds is 3. The third-order valence-corrected chi connectivity index (χ3v) is 8.94. The highest BCUT2D eigenvalue weighted by Gasteiger charge is 2.27. The van der Waals surface area contributed by atoms with Crippen LogP contribution in [0.3, 0.4) is 0 Å². The molecule has 0 saturated carbocycles. The average molecular weight is 542 g/mol. The maximum Gasteiger partial charge on any atom is 0.216 e. The Morgan fingerprint density at radius 2 is 1.43 bits per heavy atom. The monoisotopic (exact) mass is 541 g/mol. The van der Waals surface area contributed by atoms with Gasteiger partial charge in [0.2, 0.25) is 5.69 Å². The van der Waals surface area contributed by atoms with Crippen molar-refractivity contribution in [3.05, 3.63) is 114 Å². The molecule has 0 aliphatic carbocycles. The first kappa shape index (κ1) is 25.9. The summed E-state index contributed by atoms with van der Waals surface area (Å²) in [4.78, 5) is 0. The van der Waals surface area contributed by atoms with Crippen LogP contribution in [0.15, 0.2) is 91.1 Å². The second-order valence-corrected chi connectivity index (χ2v) is 12.5. The molecule has 0 aliphatic heterocycles. The Bertz CT molecular complexity index is 1970. The summed E-state index contributed by atoms with van der Waals surface area (Å²) in [6, 6.07) is 31.1. The van der Waals surface area contributed by atoms with E-state index in [2.05, 4.69) is 67.6 Å². The highest BCUT2D eigenvalue weighted by molar-refractivity contribution is 7.27. The zero-order chi connectivity index (χ0) is 28.2. The molecule has 196 valence electrons. The Morgan fingerprint density at radius 3 is 2.12 bits per heavy atom. The third-order valence-electron chi connectivity index (χ3n) is 7.68.